The Hall–Kier alpha value is 1.10. The van der Waals surface area contributed by atoms with Gasteiger partial charge in [0, 0.05) is 32.7 Å². The van der Waals surface area contributed by atoms with Crippen molar-refractivity contribution >= 4 is 0 Å². The standard InChI is InChI=1S/C16H28.Y/c1-13-7-5-6-8-16(10-13)11-14(2)9-15(3,4)12-16;/h13-14H,2-3,5-12H2,1,4H3;/q-2;. The maximum atomic E-state index is 4.45. The molecule has 4 unspecified atom stereocenters. The Labute approximate surface area is 134 Å². The summed E-state index contributed by atoms with van der Waals surface area (Å²) in [6.07, 6.45) is 11.1. The summed E-state index contributed by atoms with van der Waals surface area (Å²) in [7, 11) is 0. The van der Waals surface area contributed by atoms with Crippen LogP contribution >= 0.6 is 0 Å². The second kappa shape index (κ2) is 6.04. The maximum absolute atomic E-state index is 4.45. The molecular weight excluding hydrogens is 281 g/mol. The van der Waals surface area contributed by atoms with Gasteiger partial charge < -0.3 is 13.8 Å². The maximum Gasteiger partial charge on any atom is 0 e. The number of hydrogen-bond acceptors (Lipinski definition) is 0. The third kappa shape index (κ3) is 4.31. The predicted molar refractivity (Wildman–Crippen MR) is 70.8 cm³/mol. The molecule has 17 heavy (non-hydrogen) atoms. The van der Waals surface area contributed by atoms with E-state index in [0.29, 0.717) is 11.3 Å². The smallest absolute Gasteiger partial charge is 0 e. The van der Waals surface area contributed by atoms with E-state index < -0.39 is 0 Å². The summed E-state index contributed by atoms with van der Waals surface area (Å²) in [6, 6.07) is 0. The minimum atomic E-state index is 0. The molecule has 0 heterocycles. The van der Waals surface area contributed by atoms with E-state index in [2.05, 4.69) is 27.7 Å². The van der Waals surface area contributed by atoms with E-state index in [1.165, 1.54) is 51.4 Å². The van der Waals surface area contributed by atoms with Crippen LogP contribution in [0, 0.1) is 36.5 Å². The van der Waals surface area contributed by atoms with Gasteiger partial charge in [0.25, 0.3) is 0 Å². The molecule has 2 rings (SSSR count). The molecule has 97 valence electrons. The van der Waals surface area contributed by atoms with Crippen LogP contribution in [0.2, 0.25) is 0 Å². The van der Waals surface area contributed by atoms with E-state index in [-0.39, 0.29) is 38.1 Å². The zero-order valence-corrected chi connectivity index (χ0v) is 14.6. The van der Waals surface area contributed by atoms with E-state index in [4.69, 9.17) is 0 Å². The summed E-state index contributed by atoms with van der Waals surface area (Å²) >= 11 is 0. The first kappa shape index (κ1) is 16.2. The van der Waals surface area contributed by atoms with Gasteiger partial charge in [-0.15, -0.1) is 6.42 Å². The van der Waals surface area contributed by atoms with Crippen molar-refractivity contribution < 1.29 is 32.7 Å². The van der Waals surface area contributed by atoms with Gasteiger partial charge in [-0.3, -0.25) is 0 Å². The summed E-state index contributed by atoms with van der Waals surface area (Å²) in [5.74, 6) is 1.56. The normalized spacial score (nSPS) is 47.3. The zero-order valence-electron chi connectivity index (χ0n) is 11.8. The molecule has 1 heteroatoms. The predicted octanol–water partition coefficient (Wildman–Crippen LogP) is 5.05. The van der Waals surface area contributed by atoms with E-state index in [1.54, 1.807) is 0 Å². The Morgan fingerprint density at radius 3 is 2.47 bits per heavy atom. The van der Waals surface area contributed by atoms with Crippen molar-refractivity contribution in [1.29, 1.82) is 0 Å². The van der Waals surface area contributed by atoms with E-state index >= 15 is 0 Å². The largest absolute Gasteiger partial charge is 0.340 e. The van der Waals surface area contributed by atoms with E-state index in [1.807, 2.05) is 0 Å². The zero-order chi connectivity index (χ0) is 11.8. The minimum absolute atomic E-state index is 0. The van der Waals surface area contributed by atoms with Gasteiger partial charge in [-0.2, -0.15) is 11.3 Å². The first-order chi connectivity index (χ1) is 7.41. The van der Waals surface area contributed by atoms with Crippen LogP contribution in [0.5, 0.6) is 0 Å². The van der Waals surface area contributed by atoms with Crippen molar-refractivity contribution in [3.63, 3.8) is 0 Å². The van der Waals surface area contributed by atoms with Crippen LogP contribution in [0.25, 0.3) is 0 Å². The Bertz CT molecular complexity index is 246. The molecule has 0 aromatic rings. The van der Waals surface area contributed by atoms with Gasteiger partial charge in [-0.25, -0.2) is 0 Å². The van der Waals surface area contributed by atoms with Crippen LogP contribution in [-0.2, 0) is 32.7 Å². The van der Waals surface area contributed by atoms with Gasteiger partial charge in [-0.05, 0) is 24.2 Å². The molecule has 1 radical (unpaired) electrons. The second-order valence-corrected chi connectivity index (χ2v) is 7.32. The molecule has 0 aliphatic heterocycles. The average Bonchev–Trinajstić information content (AvgIpc) is 2.23. The molecule has 0 saturated heterocycles. The summed E-state index contributed by atoms with van der Waals surface area (Å²) < 4.78 is 0. The monoisotopic (exact) mass is 309 g/mol. The molecule has 4 atom stereocenters. The molecule has 0 bridgehead atoms. The summed E-state index contributed by atoms with van der Waals surface area (Å²) in [5.41, 5.74) is 0.881. The molecule has 0 amide bonds. The number of rotatable bonds is 0. The molecule has 0 aromatic carbocycles. The van der Waals surface area contributed by atoms with Crippen molar-refractivity contribution in [2.45, 2.75) is 65.2 Å². The number of hydrogen-bond donors (Lipinski definition) is 0. The quantitative estimate of drug-likeness (QED) is 0.550. The van der Waals surface area contributed by atoms with Crippen molar-refractivity contribution in [2.75, 3.05) is 0 Å². The molecule has 2 aliphatic rings. The third-order valence-electron chi connectivity index (χ3n) is 4.74. The van der Waals surface area contributed by atoms with Crippen LogP contribution < -0.4 is 0 Å². The van der Waals surface area contributed by atoms with Gasteiger partial charge in [-0.1, -0.05) is 46.0 Å². The first-order valence-corrected chi connectivity index (χ1v) is 7.09. The van der Waals surface area contributed by atoms with Crippen molar-refractivity contribution in [1.82, 2.24) is 0 Å². The van der Waals surface area contributed by atoms with Crippen molar-refractivity contribution in [3.8, 4) is 0 Å². The Balaban J connectivity index is 0.00000144. The van der Waals surface area contributed by atoms with Crippen molar-refractivity contribution in [3.05, 3.63) is 13.8 Å². The van der Waals surface area contributed by atoms with Crippen molar-refractivity contribution in [2.24, 2.45) is 22.7 Å². The van der Waals surface area contributed by atoms with E-state index in [9.17, 15) is 0 Å². The topological polar surface area (TPSA) is 0 Å². The Kier molecular flexibility index (Phi) is 5.74. The van der Waals surface area contributed by atoms with Crippen LogP contribution in [-0.4, -0.2) is 0 Å². The van der Waals surface area contributed by atoms with Crippen LogP contribution in [0.3, 0.4) is 0 Å². The summed E-state index contributed by atoms with van der Waals surface area (Å²) in [6.45, 7) is 13.6. The summed E-state index contributed by atoms with van der Waals surface area (Å²) in [5, 5.41) is 0. The molecule has 0 aromatic heterocycles. The van der Waals surface area contributed by atoms with Gasteiger partial charge in [0.15, 0.2) is 0 Å². The SMILES string of the molecule is [CH2-]C1CC([CH2-])(C)CC2(CCCCC(C)C2)C1.[Y]. The molecule has 0 nitrogen and oxygen atoms in total. The molecule has 0 N–H and O–H groups in total. The molecule has 1 spiro atoms. The fraction of sp³-hybridized carbons (Fsp3) is 0.875. The Morgan fingerprint density at radius 1 is 1.12 bits per heavy atom. The average molecular weight is 309 g/mol. The van der Waals surface area contributed by atoms with Gasteiger partial charge in [0.2, 0.25) is 0 Å². The fourth-order valence-electron chi connectivity index (χ4n) is 4.71. The van der Waals surface area contributed by atoms with Gasteiger partial charge >= 0.3 is 0 Å². The fourth-order valence-corrected chi connectivity index (χ4v) is 4.71. The third-order valence-corrected chi connectivity index (χ3v) is 4.74. The van der Waals surface area contributed by atoms with Crippen LogP contribution in [0.1, 0.15) is 65.2 Å². The molecule has 2 fully saturated rings. The minimum Gasteiger partial charge on any atom is -0.340 e. The molecule has 2 saturated carbocycles. The molecular formula is C16H28Y-2. The summed E-state index contributed by atoms with van der Waals surface area (Å²) in [4.78, 5) is 0. The van der Waals surface area contributed by atoms with Gasteiger partial charge in [0.05, 0.1) is 0 Å². The molecule has 2 aliphatic carbocycles. The van der Waals surface area contributed by atoms with Gasteiger partial charge in [0.1, 0.15) is 0 Å². The van der Waals surface area contributed by atoms with Crippen LogP contribution in [0.15, 0.2) is 0 Å². The van der Waals surface area contributed by atoms with E-state index in [0.717, 1.165) is 5.92 Å². The second-order valence-electron chi connectivity index (χ2n) is 7.32. The van der Waals surface area contributed by atoms with Crippen LogP contribution in [0.4, 0.5) is 0 Å². The Morgan fingerprint density at radius 2 is 1.82 bits per heavy atom. The first-order valence-electron chi connectivity index (χ1n) is 7.09.